The first-order valence-electron chi connectivity index (χ1n) is 6.27. The Morgan fingerprint density at radius 2 is 1.90 bits per heavy atom. The van der Waals surface area contributed by atoms with Crippen LogP contribution in [0.25, 0.3) is 5.69 Å². The van der Waals surface area contributed by atoms with Crippen molar-refractivity contribution in [2.75, 3.05) is 18.9 Å². The van der Waals surface area contributed by atoms with Crippen molar-refractivity contribution in [3.63, 3.8) is 0 Å². The Kier molecular flexibility index (Phi) is 4.19. The molecule has 106 valence electrons. The Morgan fingerprint density at radius 1 is 1.20 bits per heavy atom. The number of benzene rings is 1. The zero-order valence-electron chi connectivity index (χ0n) is 11.4. The molecule has 0 atom stereocenters. The van der Waals surface area contributed by atoms with E-state index in [2.05, 4.69) is 9.97 Å². The van der Waals surface area contributed by atoms with Crippen molar-refractivity contribution < 1.29 is 9.47 Å². The molecule has 0 aliphatic rings. The molecule has 7 heteroatoms. The molecule has 0 fully saturated rings. The van der Waals surface area contributed by atoms with Crippen LogP contribution in [0.5, 0.6) is 11.5 Å². The molecule has 1 aromatic carbocycles. The number of anilines is 1. The van der Waals surface area contributed by atoms with Crippen LogP contribution in [-0.4, -0.2) is 27.7 Å². The third-order valence-electron chi connectivity index (χ3n) is 2.53. The standard InChI is InChI=1S/C13H16N4O3/c1-3-19-10-6-5-9(7-11(10)20-4-2)17-8-15-12(14)16-13(17)18/h5-8H,3-4H2,1-2H3,(H2,14,16,18). The van der Waals surface area contributed by atoms with Gasteiger partial charge in [-0.2, -0.15) is 4.98 Å². The van der Waals surface area contributed by atoms with Crippen LogP contribution in [0.2, 0.25) is 0 Å². The highest BCUT2D eigenvalue weighted by Gasteiger charge is 2.09. The van der Waals surface area contributed by atoms with Crippen molar-refractivity contribution in [3.05, 3.63) is 35.0 Å². The molecule has 0 saturated carbocycles. The molecule has 0 saturated heterocycles. The number of nitrogens with zero attached hydrogens (tertiary/aromatic N) is 3. The summed E-state index contributed by atoms with van der Waals surface area (Å²) in [6.07, 6.45) is 1.33. The van der Waals surface area contributed by atoms with Crippen molar-refractivity contribution in [1.82, 2.24) is 14.5 Å². The van der Waals surface area contributed by atoms with Gasteiger partial charge in [0.25, 0.3) is 0 Å². The van der Waals surface area contributed by atoms with Crippen LogP contribution in [0.1, 0.15) is 13.8 Å². The molecule has 20 heavy (non-hydrogen) atoms. The Balaban J connectivity index is 2.47. The molecule has 1 aromatic heterocycles. The summed E-state index contributed by atoms with van der Waals surface area (Å²) in [5, 5.41) is 0. The highest BCUT2D eigenvalue weighted by molar-refractivity contribution is 5.48. The van der Waals surface area contributed by atoms with Gasteiger partial charge in [0.15, 0.2) is 11.5 Å². The van der Waals surface area contributed by atoms with Crippen molar-refractivity contribution >= 4 is 5.95 Å². The number of hydrogen-bond donors (Lipinski definition) is 1. The normalized spacial score (nSPS) is 10.3. The minimum atomic E-state index is -0.496. The molecule has 0 bridgehead atoms. The van der Waals surface area contributed by atoms with Gasteiger partial charge in [-0.15, -0.1) is 0 Å². The second-order valence-electron chi connectivity index (χ2n) is 3.86. The van der Waals surface area contributed by atoms with Crippen LogP contribution in [0, 0.1) is 0 Å². The lowest BCUT2D eigenvalue weighted by Crippen LogP contribution is -2.23. The second-order valence-corrected chi connectivity index (χ2v) is 3.86. The average molecular weight is 276 g/mol. The minimum Gasteiger partial charge on any atom is -0.490 e. The lowest BCUT2D eigenvalue weighted by molar-refractivity contribution is 0.287. The average Bonchev–Trinajstić information content (AvgIpc) is 2.41. The Bertz CT molecular complexity index is 654. The molecule has 7 nitrogen and oxygen atoms in total. The summed E-state index contributed by atoms with van der Waals surface area (Å²) in [6, 6.07) is 5.18. The summed E-state index contributed by atoms with van der Waals surface area (Å²) < 4.78 is 12.3. The topological polar surface area (TPSA) is 92.3 Å². The van der Waals surface area contributed by atoms with Gasteiger partial charge in [0.1, 0.15) is 6.33 Å². The predicted molar refractivity (Wildman–Crippen MR) is 74.4 cm³/mol. The molecule has 2 rings (SSSR count). The quantitative estimate of drug-likeness (QED) is 0.876. The van der Waals surface area contributed by atoms with Crippen LogP contribution >= 0.6 is 0 Å². The second kappa shape index (κ2) is 6.05. The van der Waals surface area contributed by atoms with E-state index in [4.69, 9.17) is 15.2 Å². The highest BCUT2D eigenvalue weighted by Crippen LogP contribution is 2.29. The monoisotopic (exact) mass is 276 g/mol. The molecule has 0 radical (unpaired) electrons. The van der Waals surface area contributed by atoms with Gasteiger partial charge in [0, 0.05) is 6.07 Å². The van der Waals surface area contributed by atoms with Crippen LogP contribution < -0.4 is 20.9 Å². The number of hydrogen-bond acceptors (Lipinski definition) is 6. The van der Waals surface area contributed by atoms with Crippen LogP contribution in [0.15, 0.2) is 29.3 Å². The van der Waals surface area contributed by atoms with Gasteiger partial charge in [-0.3, -0.25) is 4.57 Å². The molecular weight excluding hydrogens is 260 g/mol. The molecule has 0 aliphatic carbocycles. The lowest BCUT2D eigenvalue weighted by Gasteiger charge is -2.12. The van der Waals surface area contributed by atoms with E-state index < -0.39 is 5.69 Å². The molecule has 2 aromatic rings. The first-order valence-corrected chi connectivity index (χ1v) is 6.27. The third-order valence-corrected chi connectivity index (χ3v) is 2.53. The molecule has 0 aliphatic heterocycles. The van der Waals surface area contributed by atoms with Crippen molar-refractivity contribution in [1.29, 1.82) is 0 Å². The van der Waals surface area contributed by atoms with Crippen LogP contribution in [-0.2, 0) is 0 Å². The van der Waals surface area contributed by atoms with E-state index in [1.54, 1.807) is 18.2 Å². The fourth-order valence-electron chi connectivity index (χ4n) is 1.71. The molecule has 0 amide bonds. The number of nitrogen functional groups attached to an aromatic ring is 1. The maximum absolute atomic E-state index is 11.8. The summed E-state index contributed by atoms with van der Waals surface area (Å²) >= 11 is 0. The molecular formula is C13H16N4O3. The zero-order valence-corrected chi connectivity index (χ0v) is 11.4. The van der Waals surface area contributed by atoms with Gasteiger partial charge >= 0.3 is 5.69 Å². The summed E-state index contributed by atoms with van der Waals surface area (Å²) in [5.41, 5.74) is 5.46. The first kappa shape index (κ1) is 13.9. The summed E-state index contributed by atoms with van der Waals surface area (Å²) in [4.78, 5) is 19.2. The fraction of sp³-hybridized carbons (Fsp3) is 0.308. The van der Waals surface area contributed by atoms with Crippen molar-refractivity contribution in [2.45, 2.75) is 13.8 Å². The van der Waals surface area contributed by atoms with Crippen LogP contribution in [0.3, 0.4) is 0 Å². The van der Waals surface area contributed by atoms with E-state index in [0.717, 1.165) is 0 Å². The summed E-state index contributed by atoms with van der Waals surface area (Å²) in [7, 11) is 0. The summed E-state index contributed by atoms with van der Waals surface area (Å²) in [5.74, 6) is 1.14. The number of nitrogens with two attached hydrogens (primary N) is 1. The van der Waals surface area contributed by atoms with Gasteiger partial charge in [-0.1, -0.05) is 0 Å². The van der Waals surface area contributed by atoms with E-state index in [1.807, 2.05) is 13.8 Å². The Morgan fingerprint density at radius 3 is 2.55 bits per heavy atom. The largest absolute Gasteiger partial charge is 0.490 e. The van der Waals surface area contributed by atoms with Gasteiger partial charge < -0.3 is 15.2 Å². The minimum absolute atomic E-state index is 0.0535. The maximum atomic E-state index is 11.8. The SMILES string of the molecule is CCOc1ccc(-n2cnc(N)nc2=O)cc1OCC. The number of aromatic nitrogens is 3. The van der Waals surface area contributed by atoms with Crippen molar-refractivity contribution in [3.8, 4) is 17.2 Å². The highest BCUT2D eigenvalue weighted by atomic mass is 16.5. The number of rotatable bonds is 5. The zero-order chi connectivity index (χ0) is 14.5. The summed E-state index contributed by atoms with van der Waals surface area (Å²) in [6.45, 7) is 4.80. The van der Waals surface area contributed by atoms with Gasteiger partial charge in [-0.25, -0.2) is 9.78 Å². The first-order chi connectivity index (χ1) is 9.65. The van der Waals surface area contributed by atoms with E-state index in [1.165, 1.54) is 10.9 Å². The van der Waals surface area contributed by atoms with Crippen molar-refractivity contribution in [2.24, 2.45) is 0 Å². The van der Waals surface area contributed by atoms with Crippen LogP contribution in [0.4, 0.5) is 5.95 Å². The third kappa shape index (κ3) is 2.87. The van der Waals surface area contributed by atoms with E-state index in [9.17, 15) is 4.79 Å². The Hall–Kier alpha value is -2.57. The smallest absolute Gasteiger partial charge is 0.356 e. The molecule has 0 unspecified atom stereocenters. The molecule has 0 spiro atoms. The van der Waals surface area contributed by atoms with Gasteiger partial charge in [0.2, 0.25) is 5.95 Å². The van der Waals surface area contributed by atoms with E-state index >= 15 is 0 Å². The predicted octanol–water partition coefficient (Wildman–Crippen LogP) is 1.01. The Labute approximate surface area is 116 Å². The number of ether oxygens (including phenoxy) is 2. The van der Waals surface area contributed by atoms with E-state index in [0.29, 0.717) is 30.4 Å². The molecule has 1 heterocycles. The molecule has 2 N–H and O–H groups in total. The van der Waals surface area contributed by atoms with Gasteiger partial charge in [0.05, 0.1) is 18.9 Å². The fourth-order valence-corrected chi connectivity index (χ4v) is 1.71. The van der Waals surface area contributed by atoms with E-state index in [-0.39, 0.29) is 5.95 Å². The lowest BCUT2D eigenvalue weighted by atomic mass is 10.2. The maximum Gasteiger partial charge on any atom is 0.356 e. The van der Waals surface area contributed by atoms with Gasteiger partial charge in [-0.05, 0) is 26.0 Å².